The van der Waals surface area contributed by atoms with Crippen LogP contribution in [0, 0.1) is 0 Å². The number of hydrogen-bond acceptors (Lipinski definition) is 3. The Balaban J connectivity index is 2.09. The Morgan fingerprint density at radius 3 is 3.08 bits per heavy atom. The third-order valence-corrected chi connectivity index (χ3v) is 2.09. The van der Waals surface area contributed by atoms with Gasteiger partial charge in [0.1, 0.15) is 5.76 Å². The first-order chi connectivity index (χ1) is 5.86. The van der Waals surface area contributed by atoms with Crippen molar-refractivity contribution in [2.45, 2.75) is 18.8 Å². The third kappa shape index (κ3) is 1.35. The number of carbonyl (C=O) groups excluding carboxylic acids is 1. The van der Waals surface area contributed by atoms with Gasteiger partial charge in [-0.05, 0) is 18.6 Å². The van der Waals surface area contributed by atoms with Crippen molar-refractivity contribution in [1.29, 1.82) is 0 Å². The van der Waals surface area contributed by atoms with Crippen molar-refractivity contribution in [3.63, 3.8) is 0 Å². The maximum Gasteiger partial charge on any atom is 0.306 e. The molecule has 1 saturated heterocycles. The first-order valence-electron chi connectivity index (χ1n) is 4.05. The Morgan fingerprint density at radius 2 is 2.42 bits per heavy atom. The summed E-state index contributed by atoms with van der Waals surface area (Å²) in [5.41, 5.74) is 0. The van der Waals surface area contributed by atoms with E-state index in [1.165, 1.54) is 0 Å². The second-order valence-corrected chi connectivity index (χ2v) is 2.93. The van der Waals surface area contributed by atoms with Crippen molar-refractivity contribution in [3.8, 4) is 0 Å². The Morgan fingerprint density at radius 1 is 1.50 bits per heavy atom. The topological polar surface area (TPSA) is 39.4 Å². The van der Waals surface area contributed by atoms with Crippen LogP contribution in [0.5, 0.6) is 0 Å². The molecule has 0 spiro atoms. The molecule has 0 aromatic carbocycles. The normalized spacial score (nSPS) is 23.7. The summed E-state index contributed by atoms with van der Waals surface area (Å²) in [4.78, 5) is 10.9. The van der Waals surface area contributed by atoms with Gasteiger partial charge in [0.05, 0.1) is 19.3 Å². The molecule has 3 nitrogen and oxygen atoms in total. The number of esters is 1. The summed E-state index contributed by atoms with van der Waals surface area (Å²) < 4.78 is 10.0. The molecule has 0 bridgehead atoms. The van der Waals surface area contributed by atoms with E-state index in [0.29, 0.717) is 13.0 Å². The minimum Gasteiger partial charge on any atom is -0.469 e. The molecule has 0 saturated carbocycles. The summed E-state index contributed by atoms with van der Waals surface area (Å²) in [6.07, 6.45) is 2.96. The molecule has 1 aromatic heterocycles. The molecule has 1 fully saturated rings. The lowest BCUT2D eigenvalue weighted by atomic mass is 9.97. The Labute approximate surface area is 70.3 Å². The van der Waals surface area contributed by atoms with Crippen molar-refractivity contribution in [2.75, 3.05) is 6.61 Å². The number of carbonyl (C=O) groups is 1. The smallest absolute Gasteiger partial charge is 0.306 e. The predicted octanol–water partition coefficient (Wildman–Crippen LogP) is 1.70. The second kappa shape index (κ2) is 3.01. The van der Waals surface area contributed by atoms with E-state index < -0.39 is 0 Å². The van der Waals surface area contributed by atoms with E-state index in [-0.39, 0.29) is 11.9 Å². The standard InChI is InChI=1S/C9H10O3/c10-9-6-7(3-5-12-9)8-2-1-4-11-8/h1-2,4,7H,3,5-6H2/t7-/m1/s1. The van der Waals surface area contributed by atoms with Crippen LogP contribution in [0.3, 0.4) is 0 Å². The van der Waals surface area contributed by atoms with Crippen LogP contribution < -0.4 is 0 Å². The molecule has 1 aliphatic rings. The fraction of sp³-hybridized carbons (Fsp3) is 0.444. The highest BCUT2D eigenvalue weighted by Crippen LogP contribution is 2.27. The minimum atomic E-state index is -0.123. The Bertz CT molecular complexity index is 263. The first-order valence-corrected chi connectivity index (χ1v) is 4.05. The molecule has 0 amide bonds. The van der Waals surface area contributed by atoms with E-state index in [2.05, 4.69) is 0 Å². The molecular weight excluding hydrogens is 156 g/mol. The maximum absolute atomic E-state index is 10.9. The van der Waals surface area contributed by atoms with Gasteiger partial charge in [-0.2, -0.15) is 0 Å². The van der Waals surface area contributed by atoms with Crippen molar-refractivity contribution < 1.29 is 13.9 Å². The molecule has 1 atom stereocenters. The monoisotopic (exact) mass is 166 g/mol. The summed E-state index contributed by atoms with van der Waals surface area (Å²) in [5.74, 6) is 0.996. The second-order valence-electron chi connectivity index (χ2n) is 2.93. The lowest BCUT2D eigenvalue weighted by Crippen LogP contribution is -2.18. The zero-order valence-electron chi connectivity index (χ0n) is 6.66. The maximum atomic E-state index is 10.9. The Kier molecular flexibility index (Phi) is 1.86. The summed E-state index contributed by atoms with van der Waals surface area (Å²) in [6.45, 7) is 0.518. The van der Waals surface area contributed by atoms with E-state index in [9.17, 15) is 4.79 Å². The van der Waals surface area contributed by atoms with Gasteiger partial charge >= 0.3 is 5.97 Å². The van der Waals surface area contributed by atoms with Crippen LogP contribution in [-0.4, -0.2) is 12.6 Å². The van der Waals surface area contributed by atoms with Crippen molar-refractivity contribution >= 4 is 5.97 Å². The summed E-state index contributed by atoms with van der Waals surface area (Å²) in [5, 5.41) is 0. The molecular formula is C9H10O3. The van der Waals surface area contributed by atoms with Crippen LogP contribution in [0.4, 0.5) is 0 Å². The number of rotatable bonds is 1. The Hall–Kier alpha value is -1.25. The number of hydrogen-bond donors (Lipinski definition) is 0. The van der Waals surface area contributed by atoms with Gasteiger partial charge in [0.2, 0.25) is 0 Å². The van der Waals surface area contributed by atoms with E-state index in [1.54, 1.807) is 6.26 Å². The lowest BCUT2D eigenvalue weighted by Gasteiger charge is -2.18. The fourth-order valence-corrected chi connectivity index (χ4v) is 1.44. The van der Waals surface area contributed by atoms with Gasteiger partial charge < -0.3 is 9.15 Å². The van der Waals surface area contributed by atoms with Gasteiger partial charge in [-0.25, -0.2) is 0 Å². The first kappa shape index (κ1) is 7.40. The zero-order valence-corrected chi connectivity index (χ0v) is 6.66. The van der Waals surface area contributed by atoms with Crippen molar-refractivity contribution in [3.05, 3.63) is 24.2 Å². The van der Waals surface area contributed by atoms with Crippen LogP contribution in [0.25, 0.3) is 0 Å². The van der Waals surface area contributed by atoms with Crippen LogP contribution >= 0.6 is 0 Å². The van der Waals surface area contributed by atoms with Crippen molar-refractivity contribution in [1.82, 2.24) is 0 Å². The average molecular weight is 166 g/mol. The van der Waals surface area contributed by atoms with Crippen LogP contribution in [0.15, 0.2) is 22.8 Å². The largest absolute Gasteiger partial charge is 0.469 e. The van der Waals surface area contributed by atoms with E-state index >= 15 is 0 Å². The number of ether oxygens (including phenoxy) is 1. The zero-order chi connectivity index (χ0) is 8.39. The molecule has 12 heavy (non-hydrogen) atoms. The molecule has 64 valence electrons. The quantitative estimate of drug-likeness (QED) is 0.596. The molecule has 1 aliphatic heterocycles. The SMILES string of the molecule is O=C1C[C@H](c2ccco2)CCO1. The number of cyclic esters (lactones) is 1. The molecule has 0 unspecified atom stereocenters. The van der Waals surface area contributed by atoms with Crippen LogP contribution in [0.2, 0.25) is 0 Å². The van der Waals surface area contributed by atoms with Crippen molar-refractivity contribution in [2.24, 2.45) is 0 Å². The molecule has 1 aromatic rings. The predicted molar refractivity (Wildman–Crippen MR) is 41.6 cm³/mol. The van der Waals surface area contributed by atoms with Gasteiger partial charge in [-0.15, -0.1) is 0 Å². The van der Waals surface area contributed by atoms with Crippen LogP contribution in [-0.2, 0) is 9.53 Å². The van der Waals surface area contributed by atoms with E-state index in [4.69, 9.17) is 9.15 Å². The summed E-state index contributed by atoms with van der Waals surface area (Å²) in [7, 11) is 0. The minimum absolute atomic E-state index is 0.123. The average Bonchev–Trinajstić information content (AvgIpc) is 2.56. The molecule has 2 heterocycles. The van der Waals surface area contributed by atoms with E-state index in [1.807, 2.05) is 12.1 Å². The van der Waals surface area contributed by atoms with Gasteiger partial charge in [0.15, 0.2) is 0 Å². The summed E-state index contributed by atoms with van der Waals surface area (Å²) >= 11 is 0. The third-order valence-electron chi connectivity index (χ3n) is 2.09. The van der Waals surface area contributed by atoms with Gasteiger partial charge in [0.25, 0.3) is 0 Å². The van der Waals surface area contributed by atoms with E-state index in [0.717, 1.165) is 12.2 Å². The molecule has 0 radical (unpaired) electrons. The highest BCUT2D eigenvalue weighted by Gasteiger charge is 2.23. The fourth-order valence-electron chi connectivity index (χ4n) is 1.44. The molecule has 0 N–H and O–H groups in total. The van der Waals surface area contributed by atoms with Crippen LogP contribution in [0.1, 0.15) is 24.5 Å². The molecule has 0 aliphatic carbocycles. The van der Waals surface area contributed by atoms with Gasteiger partial charge in [0, 0.05) is 5.92 Å². The lowest BCUT2D eigenvalue weighted by molar-refractivity contribution is -0.147. The highest BCUT2D eigenvalue weighted by atomic mass is 16.5. The van der Waals surface area contributed by atoms with Gasteiger partial charge in [-0.1, -0.05) is 0 Å². The summed E-state index contributed by atoms with van der Waals surface area (Å²) in [6, 6.07) is 3.75. The van der Waals surface area contributed by atoms with Gasteiger partial charge in [-0.3, -0.25) is 4.79 Å². The number of furan rings is 1. The highest BCUT2D eigenvalue weighted by molar-refractivity contribution is 5.71. The molecule has 3 heteroatoms. The molecule has 2 rings (SSSR count).